The van der Waals surface area contributed by atoms with E-state index in [1.54, 1.807) is 0 Å². The van der Waals surface area contributed by atoms with Gasteiger partial charge in [-0.3, -0.25) is 4.90 Å². The van der Waals surface area contributed by atoms with E-state index < -0.39 is 0 Å². The molecule has 2 heteroatoms. The lowest BCUT2D eigenvalue weighted by molar-refractivity contribution is 0.246. The van der Waals surface area contributed by atoms with Crippen molar-refractivity contribution in [2.45, 2.75) is 52.1 Å². The van der Waals surface area contributed by atoms with Gasteiger partial charge in [0.05, 0.1) is 0 Å². The average Bonchev–Trinajstić information content (AvgIpc) is 2.66. The van der Waals surface area contributed by atoms with Crippen LogP contribution in [0.25, 0.3) is 0 Å². The van der Waals surface area contributed by atoms with Crippen molar-refractivity contribution < 1.29 is 0 Å². The summed E-state index contributed by atoms with van der Waals surface area (Å²) in [5.74, 6) is 0. The van der Waals surface area contributed by atoms with Crippen LogP contribution in [-0.2, 0) is 0 Å². The number of hydrogen-bond donors (Lipinski definition) is 1. The van der Waals surface area contributed by atoms with Gasteiger partial charge in [-0.25, -0.2) is 0 Å². The molecule has 2 atom stereocenters. The fourth-order valence-corrected chi connectivity index (χ4v) is 1.83. The molecular formula is C11H24N2. The zero-order valence-corrected chi connectivity index (χ0v) is 9.34. The molecule has 0 spiro atoms. The Bertz CT molecular complexity index is 130. The van der Waals surface area contributed by atoms with Crippen LogP contribution in [-0.4, -0.2) is 36.6 Å². The molecule has 0 aromatic heterocycles. The number of likely N-dealkylation sites (tertiary alicyclic amines) is 1. The molecule has 1 N–H and O–H groups in total. The highest BCUT2D eigenvalue weighted by Gasteiger charge is 2.17. The Morgan fingerprint density at radius 2 is 1.85 bits per heavy atom. The van der Waals surface area contributed by atoms with Crippen LogP contribution in [0.2, 0.25) is 0 Å². The lowest BCUT2D eigenvalue weighted by Crippen LogP contribution is -2.41. The molecule has 0 amide bonds. The fraction of sp³-hybridized carbons (Fsp3) is 1.00. The van der Waals surface area contributed by atoms with Crippen molar-refractivity contribution in [1.29, 1.82) is 0 Å². The van der Waals surface area contributed by atoms with Gasteiger partial charge >= 0.3 is 0 Å². The topological polar surface area (TPSA) is 15.3 Å². The van der Waals surface area contributed by atoms with Crippen LogP contribution in [0.15, 0.2) is 0 Å². The van der Waals surface area contributed by atoms with Crippen molar-refractivity contribution in [3.05, 3.63) is 0 Å². The molecule has 1 aliphatic heterocycles. The number of rotatable bonds is 5. The van der Waals surface area contributed by atoms with Gasteiger partial charge in [0.2, 0.25) is 0 Å². The molecule has 0 bridgehead atoms. The highest BCUT2D eigenvalue weighted by Crippen LogP contribution is 2.10. The first-order valence-corrected chi connectivity index (χ1v) is 5.71. The van der Waals surface area contributed by atoms with Gasteiger partial charge in [0, 0.05) is 18.6 Å². The normalized spacial score (nSPS) is 23.3. The van der Waals surface area contributed by atoms with E-state index in [1.807, 2.05) is 0 Å². The molecule has 0 aromatic rings. The quantitative estimate of drug-likeness (QED) is 0.701. The van der Waals surface area contributed by atoms with Crippen molar-refractivity contribution in [2.24, 2.45) is 0 Å². The van der Waals surface area contributed by atoms with E-state index in [2.05, 4.69) is 31.0 Å². The molecule has 0 saturated carbocycles. The molecule has 13 heavy (non-hydrogen) atoms. The Morgan fingerprint density at radius 1 is 1.23 bits per heavy atom. The van der Waals surface area contributed by atoms with Crippen LogP contribution in [0, 0.1) is 0 Å². The first kappa shape index (κ1) is 11.0. The van der Waals surface area contributed by atoms with E-state index in [-0.39, 0.29) is 0 Å². The van der Waals surface area contributed by atoms with Gasteiger partial charge in [-0.2, -0.15) is 0 Å². The second kappa shape index (κ2) is 5.61. The summed E-state index contributed by atoms with van der Waals surface area (Å²) in [6, 6.07) is 1.39. The Labute approximate surface area is 82.7 Å². The van der Waals surface area contributed by atoms with Crippen molar-refractivity contribution in [1.82, 2.24) is 10.2 Å². The minimum Gasteiger partial charge on any atom is -0.313 e. The molecule has 78 valence electrons. The highest BCUT2D eigenvalue weighted by molar-refractivity contribution is 4.75. The number of nitrogens with zero attached hydrogens (tertiary/aromatic N) is 1. The lowest BCUT2D eigenvalue weighted by Gasteiger charge is -2.25. The summed E-state index contributed by atoms with van der Waals surface area (Å²) in [7, 11) is 0. The largest absolute Gasteiger partial charge is 0.313 e. The third kappa shape index (κ3) is 3.65. The van der Waals surface area contributed by atoms with Crippen molar-refractivity contribution in [2.75, 3.05) is 19.6 Å². The number of hydrogen-bond acceptors (Lipinski definition) is 2. The van der Waals surface area contributed by atoms with Crippen molar-refractivity contribution >= 4 is 0 Å². The lowest BCUT2D eigenvalue weighted by atomic mass is 10.2. The smallest absolute Gasteiger partial charge is 0.0192 e. The van der Waals surface area contributed by atoms with Gasteiger partial charge in [-0.05, 0) is 46.2 Å². The first-order chi connectivity index (χ1) is 6.24. The van der Waals surface area contributed by atoms with Crippen LogP contribution in [0.4, 0.5) is 0 Å². The van der Waals surface area contributed by atoms with E-state index in [9.17, 15) is 0 Å². The van der Waals surface area contributed by atoms with E-state index in [1.165, 1.54) is 32.4 Å². The maximum Gasteiger partial charge on any atom is 0.0192 e. The zero-order chi connectivity index (χ0) is 9.68. The molecule has 1 fully saturated rings. The summed E-state index contributed by atoms with van der Waals surface area (Å²) in [5.41, 5.74) is 0. The van der Waals surface area contributed by atoms with Gasteiger partial charge in [-0.1, -0.05) is 6.92 Å². The average molecular weight is 184 g/mol. The maximum atomic E-state index is 3.57. The molecular weight excluding hydrogens is 160 g/mol. The van der Waals surface area contributed by atoms with E-state index in [4.69, 9.17) is 0 Å². The zero-order valence-electron chi connectivity index (χ0n) is 9.34. The summed E-state index contributed by atoms with van der Waals surface area (Å²) in [6.07, 6.45) is 4.02. The minimum atomic E-state index is 0.671. The molecule has 0 radical (unpaired) electrons. The van der Waals surface area contributed by atoms with E-state index >= 15 is 0 Å². The molecule has 1 heterocycles. The molecule has 1 aliphatic rings. The monoisotopic (exact) mass is 184 g/mol. The van der Waals surface area contributed by atoms with Gasteiger partial charge in [0.1, 0.15) is 0 Å². The van der Waals surface area contributed by atoms with Crippen LogP contribution in [0.3, 0.4) is 0 Å². The first-order valence-electron chi connectivity index (χ1n) is 5.71. The Kier molecular flexibility index (Phi) is 4.74. The summed E-state index contributed by atoms with van der Waals surface area (Å²) in [5, 5.41) is 3.57. The third-order valence-electron chi connectivity index (χ3n) is 3.14. The fourth-order valence-electron chi connectivity index (χ4n) is 1.83. The van der Waals surface area contributed by atoms with Gasteiger partial charge in [0.15, 0.2) is 0 Å². The Morgan fingerprint density at radius 3 is 2.38 bits per heavy atom. The van der Waals surface area contributed by atoms with Crippen LogP contribution < -0.4 is 5.32 Å². The Hall–Kier alpha value is -0.0800. The summed E-state index contributed by atoms with van der Waals surface area (Å²) in [6.45, 7) is 10.6. The van der Waals surface area contributed by atoms with Gasteiger partial charge < -0.3 is 5.32 Å². The molecule has 1 saturated heterocycles. The third-order valence-corrected chi connectivity index (χ3v) is 3.14. The van der Waals surface area contributed by atoms with Crippen molar-refractivity contribution in [3.63, 3.8) is 0 Å². The van der Waals surface area contributed by atoms with Gasteiger partial charge in [-0.15, -0.1) is 0 Å². The minimum absolute atomic E-state index is 0.671. The SMILES string of the molecule is CCC(C)NCC(C)N1CCCC1. The highest BCUT2D eigenvalue weighted by atomic mass is 15.2. The van der Waals surface area contributed by atoms with Crippen LogP contribution in [0.1, 0.15) is 40.0 Å². The summed E-state index contributed by atoms with van der Waals surface area (Å²) >= 11 is 0. The standard InChI is InChI=1S/C11H24N2/c1-4-10(2)12-9-11(3)13-7-5-6-8-13/h10-12H,4-9H2,1-3H3. The van der Waals surface area contributed by atoms with Crippen LogP contribution >= 0.6 is 0 Å². The van der Waals surface area contributed by atoms with Crippen LogP contribution in [0.5, 0.6) is 0 Å². The predicted octanol–water partition coefficient (Wildman–Crippen LogP) is 1.86. The van der Waals surface area contributed by atoms with Gasteiger partial charge in [0.25, 0.3) is 0 Å². The summed E-state index contributed by atoms with van der Waals surface area (Å²) in [4.78, 5) is 2.59. The predicted molar refractivity (Wildman–Crippen MR) is 58.0 cm³/mol. The molecule has 0 aromatic carbocycles. The Balaban J connectivity index is 2.12. The molecule has 1 rings (SSSR count). The molecule has 0 aliphatic carbocycles. The van der Waals surface area contributed by atoms with E-state index in [0.717, 1.165) is 12.6 Å². The second-order valence-electron chi connectivity index (χ2n) is 4.31. The van der Waals surface area contributed by atoms with E-state index in [0.29, 0.717) is 6.04 Å². The maximum absolute atomic E-state index is 3.57. The van der Waals surface area contributed by atoms with Crippen molar-refractivity contribution in [3.8, 4) is 0 Å². The number of nitrogens with one attached hydrogen (secondary N) is 1. The molecule has 2 unspecified atom stereocenters. The molecule has 2 nitrogen and oxygen atoms in total. The second-order valence-corrected chi connectivity index (χ2v) is 4.31. The summed E-state index contributed by atoms with van der Waals surface area (Å²) < 4.78 is 0.